The van der Waals surface area contributed by atoms with Gasteiger partial charge in [-0.05, 0) is 44.5 Å². The van der Waals surface area contributed by atoms with E-state index in [2.05, 4.69) is 40.3 Å². The maximum atomic E-state index is 9.13. The summed E-state index contributed by atoms with van der Waals surface area (Å²) in [5, 5.41) is 12.5. The van der Waals surface area contributed by atoms with Gasteiger partial charge in [0.05, 0.1) is 6.10 Å². The van der Waals surface area contributed by atoms with Crippen molar-refractivity contribution in [2.24, 2.45) is 0 Å². The van der Waals surface area contributed by atoms with E-state index >= 15 is 0 Å². The smallest absolute Gasteiger partial charge is 0.0524 e. The Balaban J connectivity index is 2.40. The molecule has 2 atom stereocenters. The van der Waals surface area contributed by atoms with E-state index < -0.39 is 0 Å². The molecule has 0 aliphatic heterocycles. The van der Waals surface area contributed by atoms with Gasteiger partial charge >= 0.3 is 0 Å². The first-order valence-electron chi connectivity index (χ1n) is 5.26. The van der Waals surface area contributed by atoms with Gasteiger partial charge in [0.25, 0.3) is 0 Å². The Morgan fingerprint density at radius 1 is 1.27 bits per heavy atom. The molecule has 0 aliphatic carbocycles. The van der Waals surface area contributed by atoms with Crippen molar-refractivity contribution in [2.75, 3.05) is 6.54 Å². The van der Waals surface area contributed by atoms with Crippen molar-refractivity contribution in [3.05, 3.63) is 34.3 Å². The standard InChI is InChI=1S/C12H18BrNO/c1-9(15)7-8-14-10(2)11-3-5-12(13)6-4-11/h3-6,9-10,14-15H,7-8H2,1-2H3/t9?,10-/m1/s1. The number of aliphatic hydroxyl groups excluding tert-OH is 1. The van der Waals surface area contributed by atoms with E-state index in [1.807, 2.05) is 19.1 Å². The van der Waals surface area contributed by atoms with Crippen LogP contribution in [0.2, 0.25) is 0 Å². The quantitative estimate of drug-likeness (QED) is 0.863. The molecular weight excluding hydrogens is 254 g/mol. The van der Waals surface area contributed by atoms with E-state index in [0.717, 1.165) is 17.4 Å². The van der Waals surface area contributed by atoms with Gasteiger partial charge in [-0.3, -0.25) is 0 Å². The highest BCUT2D eigenvalue weighted by Crippen LogP contribution is 2.16. The molecule has 3 heteroatoms. The first-order valence-corrected chi connectivity index (χ1v) is 6.06. The molecule has 1 rings (SSSR count). The predicted molar refractivity (Wildman–Crippen MR) is 66.9 cm³/mol. The number of aliphatic hydroxyl groups is 1. The van der Waals surface area contributed by atoms with E-state index in [0.29, 0.717) is 6.04 Å². The molecule has 0 radical (unpaired) electrons. The van der Waals surface area contributed by atoms with Crippen LogP contribution in [0.5, 0.6) is 0 Å². The van der Waals surface area contributed by atoms with Crippen molar-refractivity contribution in [3.63, 3.8) is 0 Å². The van der Waals surface area contributed by atoms with Crippen LogP contribution >= 0.6 is 15.9 Å². The van der Waals surface area contributed by atoms with Crippen LogP contribution in [0.1, 0.15) is 31.9 Å². The summed E-state index contributed by atoms with van der Waals surface area (Å²) < 4.78 is 1.10. The molecule has 1 unspecified atom stereocenters. The Morgan fingerprint density at radius 3 is 2.40 bits per heavy atom. The Morgan fingerprint density at radius 2 is 1.87 bits per heavy atom. The molecule has 0 saturated carbocycles. The van der Waals surface area contributed by atoms with Crippen LogP contribution in [0, 0.1) is 0 Å². The minimum Gasteiger partial charge on any atom is -0.393 e. The van der Waals surface area contributed by atoms with Crippen molar-refractivity contribution in [1.82, 2.24) is 5.32 Å². The van der Waals surface area contributed by atoms with Crippen LogP contribution in [-0.2, 0) is 0 Å². The highest BCUT2D eigenvalue weighted by Gasteiger charge is 2.04. The van der Waals surface area contributed by atoms with Crippen LogP contribution in [-0.4, -0.2) is 17.8 Å². The summed E-state index contributed by atoms with van der Waals surface area (Å²) in [5.41, 5.74) is 1.27. The highest BCUT2D eigenvalue weighted by molar-refractivity contribution is 9.10. The average molecular weight is 272 g/mol. The number of nitrogens with one attached hydrogen (secondary N) is 1. The summed E-state index contributed by atoms with van der Waals surface area (Å²) in [6.45, 7) is 4.78. The van der Waals surface area contributed by atoms with E-state index in [4.69, 9.17) is 5.11 Å². The number of hydrogen-bond acceptors (Lipinski definition) is 2. The van der Waals surface area contributed by atoms with Crippen LogP contribution in [0.25, 0.3) is 0 Å². The SMILES string of the molecule is CC(O)CCN[C@H](C)c1ccc(Br)cc1. The van der Waals surface area contributed by atoms with Gasteiger partial charge in [-0.15, -0.1) is 0 Å². The van der Waals surface area contributed by atoms with Crippen molar-refractivity contribution >= 4 is 15.9 Å². The Bertz CT molecular complexity index is 284. The highest BCUT2D eigenvalue weighted by atomic mass is 79.9. The van der Waals surface area contributed by atoms with E-state index in [1.165, 1.54) is 5.56 Å². The lowest BCUT2D eigenvalue weighted by molar-refractivity contribution is 0.182. The molecule has 0 amide bonds. The molecule has 0 aromatic heterocycles. The lowest BCUT2D eigenvalue weighted by atomic mass is 10.1. The molecule has 0 spiro atoms. The first-order chi connectivity index (χ1) is 7.09. The monoisotopic (exact) mass is 271 g/mol. The van der Waals surface area contributed by atoms with E-state index in [9.17, 15) is 0 Å². The molecule has 15 heavy (non-hydrogen) atoms. The molecule has 0 aliphatic rings. The van der Waals surface area contributed by atoms with Crippen molar-refractivity contribution in [1.29, 1.82) is 0 Å². The second-order valence-corrected chi connectivity index (χ2v) is 4.78. The normalized spacial score (nSPS) is 14.9. The molecule has 2 N–H and O–H groups in total. The Labute approximate surface area is 99.8 Å². The molecule has 84 valence electrons. The zero-order valence-corrected chi connectivity index (χ0v) is 10.8. The minimum absolute atomic E-state index is 0.227. The topological polar surface area (TPSA) is 32.3 Å². The largest absolute Gasteiger partial charge is 0.393 e. The van der Waals surface area contributed by atoms with Crippen LogP contribution in [0.3, 0.4) is 0 Å². The lowest BCUT2D eigenvalue weighted by Gasteiger charge is -2.14. The van der Waals surface area contributed by atoms with Gasteiger partial charge in [-0.25, -0.2) is 0 Å². The molecule has 0 bridgehead atoms. The summed E-state index contributed by atoms with van der Waals surface area (Å²) in [6.07, 6.45) is 0.565. The second kappa shape index (κ2) is 6.26. The second-order valence-electron chi connectivity index (χ2n) is 3.87. The van der Waals surface area contributed by atoms with Crippen LogP contribution in [0.4, 0.5) is 0 Å². The van der Waals surface area contributed by atoms with E-state index in [1.54, 1.807) is 0 Å². The third-order valence-electron chi connectivity index (χ3n) is 2.38. The fourth-order valence-electron chi connectivity index (χ4n) is 1.38. The fraction of sp³-hybridized carbons (Fsp3) is 0.500. The van der Waals surface area contributed by atoms with Crippen LogP contribution in [0.15, 0.2) is 28.7 Å². The zero-order chi connectivity index (χ0) is 11.3. The third-order valence-corrected chi connectivity index (χ3v) is 2.91. The van der Waals surface area contributed by atoms with Gasteiger partial charge in [0, 0.05) is 10.5 Å². The molecule has 2 nitrogen and oxygen atoms in total. The maximum absolute atomic E-state index is 9.13. The van der Waals surface area contributed by atoms with Gasteiger partial charge in [0.15, 0.2) is 0 Å². The molecule has 0 heterocycles. The number of benzene rings is 1. The van der Waals surface area contributed by atoms with Crippen molar-refractivity contribution in [2.45, 2.75) is 32.4 Å². The number of hydrogen-bond donors (Lipinski definition) is 2. The summed E-state index contributed by atoms with van der Waals surface area (Å²) in [5.74, 6) is 0. The molecular formula is C12H18BrNO. The average Bonchev–Trinajstić information content (AvgIpc) is 2.18. The third kappa shape index (κ3) is 4.78. The van der Waals surface area contributed by atoms with Crippen molar-refractivity contribution < 1.29 is 5.11 Å². The van der Waals surface area contributed by atoms with E-state index in [-0.39, 0.29) is 6.10 Å². The maximum Gasteiger partial charge on any atom is 0.0524 e. The van der Waals surface area contributed by atoms with Gasteiger partial charge in [-0.2, -0.15) is 0 Å². The number of halogens is 1. The van der Waals surface area contributed by atoms with Gasteiger partial charge in [0.1, 0.15) is 0 Å². The summed E-state index contributed by atoms with van der Waals surface area (Å²) in [4.78, 5) is 0. The summed E-state index contributed by atoms with van der Waals surface area (Å²) in [6, 6.07) is 8.62. The van der Waals surface area contributed by atoms with Gasteiger partial charge < -0.3 is 10.4 Å². The molecule has 1 aromatic carbocycles. The number of rotatable bonds is 5. The first kappa shape index (κ1) is 12.7. The Hall–Kier alpha value is -0.380. The summed E-state index contributed by atoms with van der Waals surface area (Å²) in [7, 11) is 0. The van der Waals surface area contributed by atoms with Gasteiger partial charge in [0.2, 0.25) is 0 Å². The van der Waals surface area contributed by atoms with Crippen molar-refractivity contribution in [3.8, 4) is 0 Å². The minimum atomic E-state index is -0.227. The Kier molecular flexibility index (Phi) is 5.29. The van der Waals surface area contributed by atoms with Crippen LogP contribution < -0.4 is 5.32 Å². The molecule has 0 saturated heterocycles. The fourth-order valence-corrected chi connectivity index (χ4v) is 1.64. The molecule has 1 aromatic rings. The zero-order valence-electron chi connectivity index (χ0n) is 9.20. The van der Waals surface area contributed by atoms with Gasteiger partial charge in [-0.1, -0.05) is 28.1 Å². The predicted octanol–water partition coefficient (Wildman–Crippen LogP) is 2.87. The molecule has 0 fully saturated rings. The lowest BCUT2D eigenvalue weighted by Crippen LogP contribution is -2.22. The summed E-state index contributed by atoms with van der Waals surface area (Å²) >= 11 is 3.41.